The minimum Gasteiger partial charge on any atom is -0.496 e. The Morgan fingerprint density at radius 1 is 0.977 bits per heavy atom. The molecule has 0 atom stereocenters. The fourth-order valence-electron chi connectivity index (χ4n) is 4.68. The van der Waals surface area contributed by atoms with Crippen molar-refractivity contribution in [2.45, 2.75) is 13.5 Å². The number of furan rings is 1. The van der Waals surface area contributed by atoms with Crippen molar-refractivity contribution in [3.8, 4) is 28.8 Å². The van der Waals surface area contributed by atoms with Crippen LogP contribution in [0.5, 0.6) is 17.2 Å². The average Bonchev–Trinajstić information content (AvgIpc) is 3.45. The fourth-order valence-corrected chi connectivity index (χ4v) is 5.26. The molecule has 8 nitrogen and oxygen atoms in total. The van der Waals surface area contributed by atoms with Gasteiger partial charge in [0.25, 0.3) is 5.56 Å². The summed E-state index contributed by atoms with van der Waals surface area (Å²) in [6.07, 6.45) is 1.54. The highest BCUT2D eigenvalue weighted by Crippen LogP contribution is 2.37. The van der Waals surface area contributed by atoms with Crippen LogP contribution >= 0.6 is 15.9 Å². The summed E-state index contributed by atoms with van der Waals surface area (Å²) in [5, 5.41) is 5.72. The number of hydrogen-bond acceptors (Lipinski definition) is 7. The lowest BCUT2D eigenvalue weighted by molar-refractivity contribution is 0.267. The van der Waals surface area contributed by atoms with E-state index in [1.54, 1.807) is 55.6 Å². The monoisotopic (exact) mass is 641 g/mol. The van der Waals surface area contributed by atoms with Gasteiger partial charge < -0.3 is 18.6 Å². The van der Waals surface area contributed by atoms with Crippen LogP contribution in [0.4, 0.5) is 4.39 Å². The van der Waals surface area contributed by atoms with E-state index in [4.69, 9.17) is 23.6 Å². The highest BCUT2D eigenvalue weighted by molar-refractivity contribution is 9.10. The Morgan fingerprint density at radius 3 is 2.63 bits per heavy atom. The number of halogens is 2. The predicted molar refractivity (Wildman–Crippen MR) is 167 cm³/mol. The fraction of sp³-hybridized carbons (Fsp3) is 0.121. The van der Waals surface area contributed by atoms with Gasteiger partial charge in [0.05, 0.1) is 40.7 Å². The average molecular weight is 642 g/mol. The summed E-state index contributed by atoms with van der Waals surface area (Å²) in [5.41, 5.74) is 2.06. The first kappa shape index (κ1) is 28.2. The second-order valence-electron chi connectivity index (χ2n) is 9.48. The molecule has 0 radical (unpaired) electrons. The summed E-state index contributed by atoms with van der Waals surface area (Å²) < 4.78 is 38.9. The molecule has 0 fully saturated rings. The zero-order chi connectivity index (χ0) is 29.9. The first-order valence-electron chi connectivity index (χ1n) is 13.4. The van der Waals surface area contributed by atoms with E-state index in [0.29, 0.717) is 61.7 Å². The number of methoxy groups -OCH3 is 1. The second-order valence-corrected chi connectivity index (χ2v) is 10.3. The standard InChI is InChI=1S/C33H25BrFN3O5/c1-3-41-29-16-21(15-25(34)31(29)42-19-20-8-6-9-22(35)14-20)18-36-38-32(37-26-11-5-4-10-23(26)33(38)39)30-17-24-27(40-2)12-7-13-28(24)43-30/h4-18H,3,19H2,1-2H3. The van der Waals surface area contributed by atoms with Gasteiger partial charge in [-0.3, -0.25) is 4.79 Å². The molecule has 216 valence electrons. The summed E-state index contributed by atoms with van der Waals surface area (Å²) in [5.74, 6) is 1.82. The van der Waals surface area contributed by atoms with E-state index in [1.165, 1.54) is 23.0 Å². The van der Waals surface area contributed by atoms with Gasteiger partial charge in [-0.15, -0.1) is 0 Å². The highest BCUT2D eigenvalue weighted by Gasteiger charge is 2.18. The molecule has 0 aliphatic carbocycles. The Balaban J connectivity index is 1.41. The zero-order valence-electron chi connectivity index (χ0n) is 23.2. The molecule has 0 saturated heterocycles. The van der Waals surface area contributed by atoms with Crippen molar-refractivity contribution < 1.29 is 23.0 Å². The smallest absolute Gasteiger partial charge is 0.282 e. The summed E-state index contributed by atoms with van der Waals surface area (Å²) in [6, 6.07) is 24.1. The molecule has 0 bridgehead atoms. The second kappa shape index (κ2) is 12.1. The molecular weight excluding hydrogens is 617 g/mol. The van der Waals surface area contributed by atoms with Crippen molar-refractivity contribution >= 4 is 44.0 Å². The Kier molecular flexibility index (Phi) is 7.93. The van der Waals surface area contributed by atoms with Crippen LogP contribution in [0.2, 0.25) is 0 Å². The molecule has 0 unspecified atom stereocenters. The van der Waals surface area contributed by atoms with Gasteiger partial charge in [0.1, 0.15) is 23.8 Å². The van der Waals surface area contributed by atoms with E-state index in [0.717, 1.165) is 5.39 Å². The van der Waals surface area contributed by atoms with Crippen LogP contribution in [-0.2, 0) is 6.61 Å². The van der Waals surface area contributed by atoms with Crippen molar-refractivity contribution in [1.82, 2.24) is 9.66 Å². The van der Waals surface area contributed by atoms with E-state index in [9.17, 15) is 9.18 Å². The zero-order valence-corrected chi connectivity index (χ0v) is 24.8. The van der Waals surface area contributed by atoms with Gasteiger partial charge in [0.15, 0.2) is 17.3 Å². The van der Waals surface area contributed by atoms with E-state index in [-0.39, 0.29) is 23.8 Å². The summed E-state index contributed by atoms with van der Waals surface area (Å²) in [6.45, 7) is 2.39. The van der Waals surface area contributed by atoms with Gasteiger partial charge in [-0.05, 0) is 88.6 Å². The number of fused-ring (bicyclic) bond motifs is 2. The lowest BCUT2D eigenvalue weighted by Crippen LogP contribution is -2.20. The summed E-state index contributed by atoms with van der Waals surface area (Å²) in [4.78, 5) is 18.4. The first-order valence-corrected chi connectivity index (χ1v) is 14.2. The molecule has 0 saturated carbocycles. The number of aromatic nitrogens is 2. The van der Waals surface area contributed by atoms with Crippen molar-refractivity contribution in [3.63, 3.8) is 0 Å². The lowest BCUT2D eigenvalue weighted by Gasteiger charge is -2.15. The molecule has 2 aromatic heterocycles. The van der Waals surface area contributed by atoms with Crippen LogP contribution < -0.4 is 19.8 Å². The molecule has 0 aliphatic heterocycles. The largest absolute Gasteiger partial charge is 0.496 e. The lowest BCUT2D eigenvalue weighted by atomic mass is 10.2. The van der Waals surface area contributed by atoms with Crippen molar-refractivity contribution in [3.05, 3.63) is 117 Å². The van der Waals surface area contributed by atoms with Gasteiger partial charge in [-0.25, -0.2) is 9.37 Å². The number of para-hydroxylation sites is 1. The van der Waals surface area contributed by atoms with Crippen molar-refractivity contribution in [2.24, 2.45) is 5.10 Å². The number of rotatable bonds is 9. The van der Waals surface area contributed by atoms with Gasteiger partial charge in [0.2, 0.25) is 5.82 Å². The van der Waals surface area contributed by atoms with Crippen LogP contribution in [0.1, 0.15) is 18.1 Å². The van der Waals surface area contributed by atoms with E-state index < -0.39 is 0 Å². The molecule has 0 spiro atoms. The predicted octanol–water partition coefficient (Wildman–Crippen LogP) is 7.58. The highest BCUT2D eigenvalue weighted by atomic mass is 79.9. The third kappa shape index (κ3) is 5.74. The molecule has 43 heavy (non-hydrogen) atoms. The van der Waals surface area contributed by atoms with E-state index in [2.05, 4.69) is 21.0 Å². The molecule has 6 rings (SSSR count). The normalized spacial score (nSPS) is 11.4. The Labute approximate surface area is 254 Å². The van der Waals surface area contributed by atoms with Gasteiger partial charge in [0, 0.05) is 0 Å². The maximum Gasteiger partial charge on any atom is 0.282 e. The summed E-state index contributed by atoms with van der Waals surface area (Å²) in [7, 11) is 1.59. The van der Waals surface area contributed by atoms with Crippen LogP contribution in [0.3, 0.4) is 0 Å². The topological polar surface area (TPSA) is 88.1 Å². The van der Waals surface area contributed by atoms with Gasteiger partial charge in [-0.2, -0.15) is 9.78 Å². The number of ether oxygens (including phenoxy) is 3. The first-order chi connectivity index (χ1) is 20.9. The number of hydrogen-bond donors (Lipinski definition) is 0. The minimum absolute atomic E-state index is 0.146. The molecular formula is C33H25BrFN3O5. The third-order valence-electron chi connectivity index (χ3n) is 6.64. The van der Waals surface area contributed by atoms with E-state index >= 15 is 0 Å². The molecule has 0 N–H and O–H groups in total. The molecule has 0 amide bonds. The van der Waals surface area contributed by atoms with Crippen LogP contribution in [0, 0.1) is 5.82 Å². The molecule has 6 aromatic rings. The Bertz CT molecular complexity index is 2050. The quantitative estimate of drug-likeness (QED) is 0.151. The summed E-state index contributed by atoms with van der Waals surface area (Å²) >= 11 is 3.57. The van der Waals surface area contributed by atoms with Crippen molar-refractivity contribution in [2.75, 3.05) is 13.7 Å². The van der Waals surface area contributed by atoms with Crippen LogP contribution in [-0.4, -0.2) is 29.6 Å². The number of nitrogens with zero attached hydrogens (tertiary/aromatic N) is 3. The Morgan fingerprint density at radius 2 is 1.81 bits per heavy atom. The maximum atomic E-state index is 13.7. The molecule has 4 aromatic carbocycles. The Hall–Kier alpha value is -4.96. The van der Waals surface area contributed by atoms with Crippen molar-refractivity contribution in [1.29, 1.82) is 0 Å². The molecule has 10 heteroatoms. The van der Waals surface area contributed by atoms with E-state index in [1.807, 2.05) is 31.2 Å². The van der Waals surface area contributed by atoms with Gasteiger partial charge in [-0.1, -0.05) is 30.3 Å². The minimum atomic E-state index is -0.358. The van der Waals surface area contributed by atoms with Gasteiger partial charge >= 0.3 is 0 Å². The SMILES string of the molecule is CCOc1cc(C=Nn2c(-c3cc4c(OC)cccc4o3)nc3ccccc3c2=O)cc(Br)c1OCc1cccc(F)c1. The third-order valence-corrected chi connectivity index (χ3v) is 7.23. The molecule has 0 aliphatic rings. The molecule has 2 heterocycles. The van der Waals surface area contributed by atoms with Crippen LogP contribution in [0.15, 0.2) is 104 Å². The maximum absolute atomic E-state index is 13.7. The van der Waals surface area contributed by atoms with Crippen LogP contribution in [0.25, 0.3) is 33.5 Å². The number of benzene rings is 4.